The highest BCUT2D eigenvalue weighted by atomic mass is 32.2. The van der Waals surface area contributed by atoms with Crippen molar-refractivity contribution in [2.45, 2.75) is 24.2 Å². The van der Waals surface area contributed by atoms with Gasteiger partial charge in [0.15, 0.2) is 0 Å². The van der Waals surface area contributed by atoms with Crippen LogP contribution in [-0.2, 0) is 16.4 Å². The lowest BCUT2D eigenvalue weighted by atomic mass is 9.90. The van der Waals surface area contributed by atoms with Crippen LogP contribution in [0.2, 0.25) is 0 Å². The molecule has 0 unspecified atom stereocenters. The lowest BCUT2D eigenvalue weighted by Gasteiger charge is -2.20. The van der Waals surface area contributed by atoms with E-state index < -0.39 is 10.0 Å². The minimum atomic E-state index is -3.81. The molecular formula is C23H20FNO3S. The Labute approximate surface area is 169 Å². The lowest BCUT2D eigenvalue weighted by molar-refractivity contribution is 0.112. The van der Waals surface area contributed by atoms with E-state index in [-0.39, 0.29) is 23.2 Å². The summed E-state index contributed by atoms with van der Waals surface area (Å²) < 4.78 is 42.2. The van der Waals surface area contributed by atoms with Crippen molar-refractivity contribution in [2.75, 3.05) is 10.8 Å². The number of hydrogen-bond donors (Lipinski definition) is 0. The summed E-state index contributed by atoms with van der Waals surface area (Å²) in [6.07, 6.45) is 1.04. The van der Waals surface area contributed by atoms with Gasteiger partial charge in [0.25, 0.3) is 10.0 Å². The molecule has 1 atom stereocenters. The lowest BCUT2D eigenvalue weighted by Crippen LogP contribution is -2.30. The number of benzene rings is 3. The van der Waals surface area contributed by atoms with Crippen LogP contribution in [0.4, 0.5) is 10.1 Å². The van der Waals surface area contributed by atoms with Gasteiger partial charge in [-0.15, -0.1) is 0 Å². The van der Waals surface area contributed by atoms with Gasteiger partial charge in [-0.3, -0.25) is 9.10 Å². The molecule has 0 amide bonds. The molecule has 0 N–H and O–H groups in total. The zero-order chi connectivity index (χ0) is 20.6. The first-order valence-corrected chi connectivity index (χ1v) is 10.8. The molecular weight excluding hydrogens is 389 g/mol. The van der Waals surface area contributed by atoms with Gasteiger partial charge in [0.2, 0.25) is 0 Å². The largest absolute Gasteiger partial charge is 0.298 e. The van der Waals surface area contributed by atoms with E-state index in [4.69, 9.17) is 0 Å². The smallest absolute Gasteiger partial charge is 0.264 e. The van der Waals surface area contributed by atoms with Gasteiger partial charge >= 0.3 is 0 Å². The Morgan fingerprint density at radius 3 is 2.45 bits per heavy atom. The number of carbonyl (C=O) groups excluding carboxylic acids is 1. The Bertz CT molecular complexity index is 1170. The number of halogens is 1. The first kappa shape index (κ1) is 19.3. The molecule has 29 heavy (non-hydrogen) atoms. The first-order valence-electron chi connectivity index (χ1n) is 9.32. The molecule has 0 spiro atoms. The molecule has 3 aromatic carbocycles. The minimum Gasteiger partial charge on any atom is -0.298 e. The van der Waals surface area contributed by atoms with Crippen LogP contribution in [0.25, 0.3) is 0 Å². The second-order valence-electron chi connectivity index (χ2n) is 7.24. The highest BCUT2D eigenvalue weighted by Gasteiger charge is 2.38. The summed E-state index contributed by atoms with van der Waals surface area (Å²) in [5, 5.41) is 0. The molecule has 148 valence electrons. The number of nitrogens with zero attached hydrogens (tertiary/aromatic N) is 1. The third-order valence-corrected chi connectivity index (χ3v) is 7.13. The van der Waals surface area contributed by atoms with E-state index >= 15 is 0 Å². The highest BCUT2D eigenvalue weighted by Crippen LogP contribution is 2.42. The Hall–Kier alpha value is -2.99. The van der Waals surface area contributed by atoms with Crippen molar-refractivity contribution in [3.8, 4) is 0 Å². The fraction of sp³-hybridized carbons (Fsp3) is 0.174. The number of sulfonamides is 1. The van der Waals surface area contributed by atoms with Gasteiger partial charge in [0, 0.05) is 18.0 Å². The van der Waals surface area contributed by atoms with Gasteiger partial charge in [-0.05, 0) is 48.7 Å². The fourth-order valence-corrected chi connectivity index (χ4v) is 5.42. The standard InChI is InChI=1S/C23H20FNO3S/c1-16-9-11-20(12-10-16)29(27,28)25-14-19(13-17-5-2-3-7-21(17)24)23-18(15-26)6-4-8-22(23)25/h2-12,15,19H,13-14H2,1H3/t19-/m0/s1. The van der Waals surface area contributed by atoms with Crippen LogP contribution in [0.15, 0.2) is 71.6 Å². The van der Waals surface area contributed by atoms with Gasteiger partial charge in [-0.25, -0.2) is 12.8 Å². The van der Waals surface area contributed by atoms with E-state index in [2.05, 4.69) is 0 Å². The summed E-state index contributed by atoms with van der Waals surface area (Å²) in [6, 6.07) is 18.2. The van der Waals surface area contributed by atoms with E-state index in [1.807, 2.05) is 6.92 Å². The van der Waals surface area contributed by atoms with Crippen molar-refractivity contribution in [1.29, 1.82) is 0 Å². The van der Waals surface area contributed by atoms with Crippen LogP contribution in [-0.4, -0.2) is 21.2 Å². The summed E-state index contributed by atoms with van der Waals surface area (Å²) in [6.45, 7) is 2.05. The molecule has 4 nitrogen and oxygen atoms in total. The van der Waals surface area contributed by atoms with Gasteiger partial charge in [0.1, 0.15) is 12.1 Å². The minimum absolute atomic E-state index is 0.157. The molecule has 1 heterocycles. The van der Waals surface area contributed by atoms with E-state index in [0.29, 0.717) is 28.8 Å². The predicted octanol–water partition coefficient (Wildman–Crippen LogP) is 4.48. The molecule has 0 aromatic heterocycles. The van der Waals surface area contributed by atoms with E-state index in [9.17, 15) is 17.6 Å². The first-order chi connectivity index (χ1) is 13.9. The molecule has 0 saturated heterocycles. The van der Waals surface area contributed by atoms with Gasteiger partial charge in [-0.2, -0.15) is 0 Å². The average molecular weight is 409 g/mol. The van der Waals surface area contributed by atoms with E-state index in [1.165, 1.54) is 10.4 Å². The predicted molar refractivity (Wildman–Crippen MR) is 110 cm³/mol. The normalized spacial score (nSPS) is 15.9. The maximum atomic E-state index is 14.2. The summed E-state index contributed by atoms with van der Waals surface area (Å²) in [7, 11) is -3.81. The monoisotopic (exact) mass is 409 g/mol. The van der Waals surface area contributed by atoms with Crippen LogP contribution in [0.3, 0.4) is 0 Å². The molecule has 0 fully saturated rings. The van der Waals surface area contributed by atoms with Gasteiger partial charge < -0.3 is 0 Å². The molecule has 0 aliphatic carbocycles. The summed E-state index contributed by atoms with van der Waals surface area (Å²) >= 11 is 0. The molecule has 6 heteroatoms. The maximum Gasteiger partial charge on any atom is 0.264 e. The van der Waals surface area contributed by atoms with Crippen LogP contribution < -0.4 is 4.31 Å². The number of anilines is 1. The highest BCUT2D eigenvalue weighted by molar-refractivity contribution is 7.92. The Balaban J connectivity index is 1.79. The zero-order valence-corrected chi connectivity index (χ0v) is 16.7. The van der Waals surface area contributed by atoms with Gasteiger partial charge in [-0.1, -0.05) is 48.0 Å². The van der Waals surface area contributed by atoms with E-state index in [0.717, 1.165) is 11.8 Å². The summed E-state index contributed by atoms with van der Waals surface area (Å²) in [4.78, 5) is 11.8. The van der Waals surface area contributed by atoms with Crippen LogP contribution >= 0.6 is 0 Å². The molecule has 3 aromatic rings. The van der Waals surface area contributed by atoms with E-state index in [1.54, 1.807) is 60.7 Å². The number of aldehydes is 1. The van der Waals surface area contributed by atoms with Gasteiger partial charge in [0.05, 0.1) is 10.6 Å². The molecule has 0 saturated carbocycles. The van der Waals surface area contributed by atoms with Crippen LogP contribution in [0, 0.1) is 12.7 Å². The Morgan fingerprint density at radius 2 is 1.76 bits per heavy atom. The Kier molecular flexibility index (Phi) is 4.96. The quantitative estimate of drug-likeness (QED) is 0.584. The van der Waals surface area contributed by atoms with Crippen molar-refractivity contribution in [3.05, 3.63) is 94.8 Å². The SMILES string of the molecule is Cc1ccc(S(=O)(=O)N2C[C@H](Cc3ccccc3F)c3c(C=O)cccc32)cc1. The number of aryl methyl sites for hydroxylation is 1. The second-order valence-corrected chi connectivity index (χ2v) is 9.10. The van der Waals surface area contributed by atoms with Crippen LogP contribution in [0.5, 0.6) is 0 Å². The molecule has 0 radical (unpaired) electrons. The number of rotatable bonds is 5. The van der Waals surface area contributed by atoms with Crippen molar-refractivity contribution >= 4 is 22.0 Å². The summed E-state index contributed by atoms with van der Waals surface area (Å²) in [5.74, 6) is -0.652. The number of fused-ring (bicyclic) bond motifs is 1. The Morgan fingerprint density at radius 1 is 1.03 bits per heavy atom. The van der Waals surface area contributed by atoms with Crippen molar-refractivity contribution in [3.63, 3.8) is 0 Å². The number of hydrogen-bond acceptors (Lipinski definition) is 3. The molecule has 1 aliphatic heterocycles. The molecule has 0 bridgehead atoms. The third-order valence-electron chi connectivity index (χ3n) is 5.34. The molecule has 1 aliphatic rings. The van der Waals surface area contributed by atoms with Crippen molar-refractivity contribution in [1.82, 2.24) is 0 Å². The van der Waals surface area contributed by atoms with Crippen LogP contribution in [0.1, 0.15) is 33.0 Å². The average Bonchev–Trinajstić information content (AvgIpc) is 3.09. The third kappa shape index (κ3) is 3.44. The topological polar surface area (TPSA) is 54.5 Å². The second kappa shape index (κ2) is 7.44. The zero-order valence-electron chi connectivity index (χ0n) is 15.9. The number of carbonyl (C=O) groups is 1. The van der Waals surface area contributed by atoms with Crippen molar-refractivity contribution in [2.24, 2.45) is 0 Å². The summed E-state index contributed by atoms with van der Waals surface area (Å²) in [5.41, 5.74) is 3.04. The van der Waals surface area contributed by atoms with Crippen molar-refractivity contribution < 1.29 is 17.6 Å². The maximum absolute atomic E-state index is 14.2. The molecule has 4 rings (SSSR count). The fourth-order valence-electron chi connectivity index (χ4n) is 3.89.